The Bertz CT molecular complexity index is 1300. The average molecular weight is 1170 g/mol. The van der Waals surface area contributed by atoms with Crippen LogP contribution >= 0.6 is 0 Å². The van der Waals surface area contributed by atoms with Crippen LogP contribution in [-0.4, -0.2) is 37.2 Å². The van der Waals surface area contributed by atoms with Crippen LogP contribution in [0.1, 0.15) is 445 Å². The number of ether oxygens (including phenoxy) is 3. The molecule has 0 heterocycles. The molecule has 0 aromatic rings. The second-order valence-corrected chi connectivity index (χ2v) is 26.3. The standard InChI is InChI=1S/C77H148O6/c1-4-7-10-13-16-19-22-25-28-31-34-36-37-38-39-41-43-46-49-52-55-58-61-64-67-70-76(79)82-73-74(72-81-75(78)69-66-63-60-57-54-51-48-45-42-33-30-27-24-21-18-15-12-9-6-3)83-77(80)71-68-65-62-59-56-53-50-47-44-40-35-32-29-26-23-20-17-14-11-8-5-2/h27,30,74H,4-26,28-29,31-73H2,1-3H3/b30-27-. The topological polar surface area (TPSA) is 78.9 Å². The summed E-state index contributed by atoms with van der Waals surface area (Å²) in [5, 5.41) is 0. The van der Waals surface area contributed by atoms with Crippen molar-refractivity contribution in [1.29, 1.82) is 0 Å². The van der Waals surface area contributed by atoms with Gasteiger partial charge in [-0.1, -0.05) is 392 Å². The van der Waals surface area contributed by atoms with E-state index in [1.807, 2.05) is 0 Å². The minimum Gasteiger partial charge on any atom is -0.462 e. The first-order valence-electron chi connectivity index (χ1n) is 38.2. The highest BCUT2D eigenvalue weighted by molar-refractivity contribution is 5.71. The highest BCUT2D eigenvalue weighted by atomic mass is 16.6. The van der Waals surface area contributed by atoms with Crippen molar-refractivity contribution in [2.75, 3.05) is 13.2 Å². The van der Waals surface area contributed by atoms with Crippen LogP contribution in [0.2, 0.25) is 0 Å². The molecule has 0 aliphatic rings. The lowest BCUT2D eigenvalue weighted by Gasteiger charge is -2.18. The number of hydrogen-bond donors (Lipinski definition) is 0. The average Bonchev–Trinajstić information content (AvgIpc) is 3.49. The lowest BCUT2D eigenvalue weighted by Crippen LogP contribution is -2.30. The molecule has 0 radical (unpaired) electrons. The van der Waals surface area contributed by atoms with Gasteiger partial charge in [-0.25, -0.2) is 0 Å². The van der Waals surface area contributed by atoms with Crippen LogP contribution < -0.4 is 0 Å². The smallest absolute Gasteiger partial charge is 0.306 e. The molecule has 0 aromatic carbocycles. The maximum absolute atomic E-state index is 13.0. The zero-order valence-corrected chi connectivity index (χ0v) is 56.8. The quantitative estimate of drug-likeness (QED) is 0.0261. The number of esters is 3. The molecule has 0 aliphatic carbocycles. The Hall–Kier alpha value is -1.85. The monoisotopic (exact) mass is 1170 g/mol. The first-order chi connectivity index (χ1) is 41.0. The van der Waals surface area contributed by atoms with Gasteiger partial charge in [0.15, 0.2) is 6.10 Å². The molecule has 0 saturated carbocycles. The summed E-state index contributed by atoms with van der Waals surface area (Å²) < 4.78 is 17.1. The molecule has 0 aliphatic heterocycles. The number of hydrogen-bond acceptors (Lipinski definition) is 6. The molecular weight excluding hydrogens is 1020 g/mol. The maximum atomic E-state index is 13.0. The molecule has 0 N–H and O–H groups in total. The molecule has 0 aromatic heterocycles. The number of carbonyl (C=O) groups is 3. The molecule has 1 unspecified atom stereocenters. The third-order valence-electron chi connectivity index (χ3n) is 17.8. The van der Waals surface area contributed by atoms with Crippen LogP contribution in [0.15, 0.2) is 12.2 Å². The van der Waals surface area contributed by atoms with Crippen molar-refractivity contribution in [3.63, 3.8) is 0 Å². The summed E-state index contributed by atoms with van der Waals surface area (Å²) in [6.07, 6.45) is 88.3. The maximum Gasteiger partial charge on any atom is 0.306 e. The van der Waals surface area contributed by atoms with E-state index in [2.05, 4.69) is 32.9 Å². The first kappa shape index (κ1) is 81.2. The zero-order valence-electron chi connectivity index (χ0n) is 56.8. The molecule has 0 fully saturated rings. The van der Waals surface area contributed by atoms with Crippen LogP contribution in [0.5, 0.6) is 0 Å². The molecule has 6 heteroatoms. The van der Waals surface area contributed by atoms with Crippen molar-refractivity contribution >= 4 is 17.9 Å². The lowest BCUT2D eigenvalue weighted by atomic mass is 10.0. The van der Waals surface area contributed by atoms with Crippen molar-refractivity contribution in [3.05, 3.63) is 12.2 Å². The van der Waals surface area contributed by atoms with Crippen LogP contribution in [-0.2, 0) is 28.6 Å². The zero-order chi connectivity index (χ0) is 59.9. The number of rotatable bonds is 72. The molecule has 0 bridgehead atoms. The van der Waals surface area contributed by atoms with Gasteiger partial charge in [0.05, 0.1) is 0 Å². The second-order valence-electron chi connectivity index (χ2n) is 26.3. The van der Waals surface area contributed by atoms with Gasteiger partial charge in [0.25, 0.3) is 0 Å². The third kappa shape index (κ3) is 70.8. The van der Waals surface area contributed by atoms with E-state index >= 15 is 0 Å². The molecule has 492 valence electrons. The molecule has 1 atom stereocenters. The highest BCUT2D eigenvalue weighted by Crippen LogP contribution is 2.20. The van der Waals surface area contributed by atoms with Crippen LogP contribution in [0.3, 0.4) is 0 Å². The van der Waals surface area contributed by atoms with E-state index in [1.165, 1.54) is 347 Å². The fourth-order valence-corrected chi connectivity index (χ4v) is 12.0. The Balaban J connectivity index is 4.26. The summed E-state index contributed by atoms with van der Waals surface area (Å²) in [7, 11) is 0. The predicted molar refractivity (Wildman–Crippen MR) is 363 cm³/mol. The van der Waals surface area contributed by atoms with E-state index in [9.17, 15) is 14.4 Å². The van der Waals surface area contributed by atoms with Gasteiger partial charge in [-0.05, 0) is 44.9 Å². The van der Waals surface area contributed by atoms with Gasteiger partial charge in [0.2, 0.25) is 0 Å². The number of unbranched alkanes of at least 4 members (excludes halogenated alkanes) is 59. The van der Waals surface area contributed by atoms with Crippen LogP contribution in [0, 0.1) is 0 Å². The van der Waals surface area contributed by atoms with Gasteiger partial charge in [-0.3, -0.25) is 14.4 Å². The normalized spacial score (nSPS) is 12.0. The summed E-state index contributed by atoms with van der Waals surface area (Å²) in [5.74, 6) is -0.823. The van der Waals surface area contributed by atoms with Gasteiger partial charge in [-0.15, -0.1) is 0 Å². The summed E-state index contributed by atoms with van der Waals surface area (Å²) in [5.41, 5.74) is 0. The van der Waals surface area contributed by atoms with Crippen molar-refractivity contribution in [2.45, 2.75) is 451 Å². The van der Waals surface area contributed by atoms with E-state index in [0.29, 0.717) is 19.3 Å². The van der Waals surface area contributed by atoms with Gasteiger partial charge in [0.1, 0.15) is 13.2 Å². The highest BCUT2D eigenvalue weighted by Gasteiger charge is 2.20. The number of carbonyl (C=O) groups excluding carboxylic acids is 3. The van der Waals surface area contributed by atoms with E-state index in [1.54, 1.807) is 0 Å². The van der Waals surface area contributed by atoms with E-state index in [4.69, 9.17) is 14.2 Å². The van der Waals surface area contributed by atoms with E-state index < -0.39 is 6.10 Å². The van der Waals surface area contributed by atoms with Crippen molar-refractivity contribution in [1.82, 2.24) is 0 Å². The largest absolute Gasteiger partial charge is 0.462 e. The minimum atomic E-state index is -0.768. The van der Waals surface area contributed by atoms with E-state index in [0.717, 1.165) is 57.8 Å². The van der Waals surface area contributed by atoms with Gasteiger partial charge >= 0.3 is 17.9 Å². The first-order valence-corrected chi connectivity index (χ1v) is 38.2. The van der Waals surface area contributed by atoms with Gasteiger partial charge in [0, 0.05) is 19.3 Å². The van der Waals surface area contributed by atoms with Gasteiger partial charge < -0.3 is 14.2 Å². The summed E-state index contributed by atoms with van der Waals surface area (Å²) in [6.45, 7) is 6.75. The Morgan fingerprint density at radius 3 is 0.602 bits per heavy atom. The summed E-state index contributed by atoms with van der Waals surface area (Å²) in [6, 6.07) is 0. The molecule has 0 rings (SSSR count). The Labute approximate surface area is 520 Å². The van der Waals surface area contributed by atoms with E-state index in [-0.39, 0.29) is 31.1 Å². The minimum absolute atomic E-state index is 0.0629. The summed E-state index contributed by atoms with van der Waals surface area (Å²) in [4.78, 5) is 38.6. The van der Waals surface area contributed by atoms with Crippen LogP contribution in [0.4, 0.5) is 0 Å². The number of allylic oxidation sites excluding steroid dienone is 2. The molecule has 0 saturated heterocycles. The SMILES string of the molecule is CCCCCCCC/C=C\CCCCCCCCCCCC(=O)OCC(COC(=O)CCCCCCCCCCCCCCCCCCCCCCCCCCC)OC(=O)CCCCCCCCCCCCCCCCCCCCCCC. The lowest BCUT2D eigenvalue weighted by molar-refractivity contribution is -0.167. The molecule has 0 spiro atoms. The molecular formula is C77H148O6. The van der Waals surface area contributed by atoms with Crippen molar-refractivity contribution in [2.24, 2.45) is 0 Å². The Morgan fingerprint density at radius 2 is 0.398 bits per heavy atom. The fourth-order valence-electron chi connectivity index (χ4n) is 12.0. The second kappa shape index (κ2) is 72.6. The van der Waals surface area contributed by atoms with Crippen LogP contribution in [0.25, 0.3) is 0 Å². The van der Waals surface area contributed by atoms with Gasteiger partial charge in [-0.2, -0.15) is 0 Å². The van der Waals surface area contributed by atoms with Crippen molar-refractivity contribution in [3.8, 4) is 0 Å². The third-order valence-corrected chi connectivity index (χ3v) is 17.8. The van der Waals surface area contributed by atoms with Crippen molar-refractivity contribution < 1.29 is 28.6 Å². The Kier molecular flexibility index (Phi) is 71.0. The predicted octanol–water partition coefficient (Wildman–Crippen LogP) is 26.3. The fraction of sp³-hybridized carbons (Fsp3) is 0.935. The molecule has 83 heavy (non-hydrogen) atoms. The Morgan fingerprint density at radius 1 is 0.229 bits per heavy atom. The molecule has 0 amide bonds. The summed E-state index contributed by atoms with van der Waals surface area (Å²) >= 11 is 0. The molecule has 6 nitrogen and oxygen atoms in total.